The number of halogens is 3. The Morgan fingerprint density at radius 2 is 2.09 bits per heavy atom. The van der Waals surface area contributed by atoms with E-state index in [1.165, 1.54) is 12.1 Å². The lowest BCUT2D eigenvalue weighted by atomic mass is 9.85. The third-order valence-electron chi connectivity index (χ3n) is 6.83. The normalized spacial score (nSPS) is 18.4. The predicted molar refractivity (Wildman–Crippen MR) is 122 cm³/mol. The van der Waals surface area contributed by atoms with E-state index in [2.05, 4.69) is 25.4 Å². The molecular formula is C24H26F3N5O2. The molecule has 1 spiro atoms. The minimum atomic E-state index is -3.67. The number of aliphatic hydroxyl groups excluding tert-OH is 1. The van der Waals surface area contributed by atoms with Gasteiger partial charge in [-0.1, -0.05) is 12.1 Å². The second-order valence-corrected chi connectivity index (χ2v) is 9.33. The topological polar surface area (TPSA) is 83.4 Å². The average Bonchev–Trinajstić information content (AvgIpc) is 3.27. The molecule has 2 aliphatic heterocycles. The minimum Gasteiger partial charge on any atom is -0.390 e. The summed E-state index contributed by atoms with van der Waals surface area (Å²) in [6, 6.07) is 5.06. The molecule has 0 bridgehead atoms. The quantitative estimate of drug-likeness (QED) is 0.561. The Morgan fingerprint density at radius 3 is 2.76 bits per heavy atom. The summed E-state index contributed by atoms with van der Waals surface area (Å²) in [6.07, 6.45) is 2.89. The number of benzene rings is 1. The van der Waals surface area contributed by atoms with Crippen molar-refractivity contribution in [3.63, 3.8) is 0 Å². The molecule has 2 fully saturated rings. The van der Waals surface area contributed by atoms with Gasteiger partial charge in [0, 0.05) is 29.5 Å². The van der Waals surface area contributed by atoms with Crippen LogP contribution in [0.15, 0.2) is 30.5 Å². The van der Waals surface area contributed by atoms with Gasteiger partial charge in [-0.05, 0) is 32.4 Å². The highest BCUT2D eigenvalue weighted by Gasteiger charge is 2.44. The molecule has 180 valence electrons. The van der Waals surface area contributed by atoms with E-state index < -0.39 is 30.0 Å². The van der Waals surface area contributed by atoms with Crippen molar-refractivity contribution in [3.8, 4) is 0 Å². The van der Waals surface area contributed by atoms with Crippen LogP contribution in [0.25, 0.3) is 10.9 Å². The van der Waals surface area contributed by atoms with Gasteiger partial charge in [-0.25, -0.2) is 4.39 Å². The fraction of sp³-hybridized carbons (Fsp3) is 0.458. The Bertz CT molecular complexity index is 1230. The molecule has 2 saturated heterocycles. The maximum atomic E-state index is 15.0. The minimum absolute atomic E-state index is 0.0386. The first-order valence-corrected chi connectivity index (χ1v) is 11.2. The zero-order valence-electron chi connectivity index (χ0n) is 19.0. The molecule has 34 heavy (non-hydrogen) atoms. The van der Waals surface area contributed by atoms with Crippen LogP contribution in [-0.2, 0) is 10.7 Å². The summed E-state index contributed by atoms with van der Waals surface area (Å²) in [4.78, 5) is 6.89. The number of aryl methyl sites for hydroxylation is 1. The van der Waals surface area contributed by atoms with E-state index >= 15 is 0 Å². The number of hydrogen-bond donors (Lipinski definition) is 2. The number of nitrogens with one attached hydrogen (secondary N) is 1. The van der Waals surface area contributed by atoms with Crippen LogP contribution < -0.4 is 10.2 Å². The van der Waals surface area contributed by atoms with E-state index in [1.807, 2.05) is 19.2 Å². The van der Waals surface area contributed by atoms with Crippen LogP contribution in [0.4, 0.5) is 24.7 Å². The first kappa shape index (κ1) is 22.8. The van der Waals surface area contributed by atoms with Gasteiger partial charge in [0.2, 0.25) is 0 Å². The summed E-state index contributed by atoms with van der Waals surface area (Å²) < 4.78 is 48.4. The summed E-state index contributed by atoms with van der Waals surface area (Å²) in [6.45, 7) is 5.36. The molecule has 0 saturated carbocycles. The number of aliphatic hydroxyl groups is 1. The highest BCUT2D eigenvalue weighted by atomic mass is 19.3. The van der Waals surface area contributed by atoms with Crippen molar-refractivity contribution in [3.05, 3.63) is 53.1 Å². The molecule has 5 rings (SSSR count). The van der Waals surface area contributed by atoms with Crippen molar-refractivity contribution in [2.24, 2.45) is 5.41 Å². The molecule has 2 N–H and O–H groups in total. The summed E-state index contributed by atoms with van der Waals surface area (Å²) in [5, 5.41) is 21.3. The van der Waals surface area contributed by atoms with Gasteiger partial charge in [0.25, 0.3) is 5.92 Å². The third-order valence-corrected chi connectivity index (χ3v) is 6.83. The van der Waals surface area contributed by atoms with Gasteiger partial charge in [0.05, 0.1) is 47.9 Å². The molecule has 3 aromatic rings. The molecule has 0 radical (unpaired) electrons. The largest absolute Gasteiger partial charge is 0.390 e. The van der Waals surface area contributed by atoms with Crippen LogP contribution >= 0.6 is 0 Å². The van der Waals surface area contributed by atoms with E-state index in [-0.39, 0.29) is 11.0 Å². The van der Waals surface area contributed by atoms with Gasteiger partial charge < -0.3 is 20.1 Å². The monoisotopic (exact) mass is 473 g/mol. The Hall–Kier alpha value is -2.98. The zero-order chi connectivity index (χ0) is 24.1. The molecule has 1 atom stereocenters. The maximum Gasteiger partial charge on any atom is 0.298 e. The lowest BCUT2D eigenvalue weighted by Gasteiger charge is -2.37. The van der Waals surface area contributed by atoms with Crippen molar-refractivity contribution in [2.45, 2.75) is 32.2 Å². The van der Waals surface area contributed by atoms with E-state index in [0.29, 0.717) is 17.0 Å². The Morgan fingerprint density at radius 1 is 1.29 bits per heavy atom. The Balaban J connectivity index is 1.47. The molecule has 0 amide bonds. The molecule has 2 aromatic heterocycles. The average molecular weight is 473 g/mol. The van der Waals surface area contributed by atoms with E-state index in [1.54, 1.807) is 6.92 Å². The highest BCUT2D eigenvalue weighted by molar-refractivity contribution is 5.92. The third kappa shape index (κ3) is 3.84. The van der Waals surface area contributed by atoms with Crippen LogP contribution in [-0.4, -0.2) is 53.2 Å². The molecule has 7 nitrogen and oxygen atoms in total. The number of anilines is 2. The number of ether oxygens (including phenoxy) is 1. The number of nitrogens with zero attached hydrogens (tertiary/aromatic N) is 4. The molecular weight excluding hydrogens is 447 g/mol. The molecule has 2 aliphatic rings. The predicted octanol–water partition coefficient (Wildman–Crippen LogP) is 3.96. The SMILES string of the molecule is Cc1nnc(N[C@H](C)c2cccc(C(F)(F)CO)c2F)c2cc(N3CCC4(COC4)C3)cnc12. The molecule has 4 heterocycles. The van der Waals surface area contributed by atoms with Gasteiger partial charge in [-0.15, -0.1) is 5.10 Å². The fourth-order valence-corrected chi connectivity index (χ4v) is 4.74. The van der Waals surface area contributed by atoms with E-state index in [9.17, 15) is 13.2 Å². The van der Waals surface area contributed by atoms with E-state index in [4.69, 9.17) is 9.84 Å². The highest BCUT2D eigenvalue weighted by Crippen LogP contribution is 2.40. The molecule has 1 aromatic carbocycles. The van der Waals surface area contributed by atoms with Crippen molar-refractivity contribution in [2.75, 3.05) is 43.1 Å². The Kier molecular flexibility index (Phi) is 5.60. The number of alkyl halides is 2. The lowest BCUT2D eigenvalue weighted by Crippen LogP contribution is -2.44. The van der Waals surface area contributed by atoms with Gasteiger partial charge in [-0.3, -0.25) is 4.98 Å². The lowest BCUT2D eigenvalue weighted by molar-refractivity contribution is -0.0985. The summed E-state index contributed by atoms with van der Waals surface area (Å²) in [5.74, 6) is -4.34. The first-order valence-electron chi connectivity index (χ1n) is 11.2. The summed E-state index contributed by atoms with van der Waals surface area (Å²) >= 11 is 0. The van der Waals surface area contributed by atoms with Gasteiger partial charge in [0.15, 0.2) is 5.82 Å². The second-order valence-electron chi connectivity index (χ2n) is 9.33. The van der Waals surface area contributed by atoms with Crippen molar-refractivity contribution in [1.29, 1.82) is 0 Å². The summed E-state index contributed by atoms with van der Waals surface area (Å²) in [5.41, 5.74) is 1.69. The molecule has 0 aliphatic carbocycles. The van der Waals surface area contributed by atoms with Crippen molar-refractivity contribution in [1.82, 2.24) is 15.2 Å². The number of pyridine rings is 1. The second kappa shape index (κ2) is 8.35. The number of fused-ring (bicyclic) bond motifs is 1. The smallest absolute Gasteiger partial charge is 0.298 e. The molecule has 0 unspecified atom stereocenters. The van der Waals surface area contributed by atoms with Gasteiger partial charge in [0.1, 0.15) is 12.4 Å². The number of aromatic nitrogens is 3. The van der Waals surface area contributed by atoms with Crippen LogP contribution in [0.1, 0.15) is 36.2 Å². The fourth-order valence-electron chi connectivity index (χ4n) is 4.74. The summed E-state index contributed by atoms with van der Waals surface area (Å²) in [7, 11) is 0. The first-order chi connectivity index (χ1) is 16.2. The standard InChI is InChI=1S/C24H26F3N5O2/c1-14(17-4-3-5-19(20(17)25)24(26,27)11-33)29-22-18-8-16(9-28-21(18)15(2)30-31-22)32-7-6-23(10-32)12-34-13-23/h3-5,8-9,14,33H,6-7,10-13H2,1-2H3,(H,29,31)/t14-/m1/s1. The number of hydrogen-bond acceptors (Lipinski definition) is 7. The van der Waals surface area contributed by atoms with Crippen LogP contribution in [0.5, 0.6) is 0 Å². The number of rotatable bonds is 6. The maximum absolute atomic E-state index is 15.0. The van der Waals surface area contributed by atoms with Crippen molar-refractivity contribution < 1.29 is 23.0 Å². The zero-order valence-corrected chi connectivity index (χ0v) is 19.0. The van der Waals surface area contributed by atoms with Crippen LogP contribution in [0.2, 0.25) is 0 Å². The Labute approximate surface area is 195 Å². The van der Waals surface area contributed by atoms with Crippen LogP contribution in [0.3, 0.4) is 0 Å². The van der Waals surface area contributed by atoms with Gasteiger partial charge in [-0.2, -0.15) is 13.9 Å². The van der Waals surface area contributed by atoms with Crippen molar-refractivity contribution >= 4 is 22.4 Å². The van der Waals surface area contributed by atoms with E-state index in [0.717, 1.165) is 49.9 Å². The molecule has 10 heteroatoms. The van der Waals surface area contributed by atoms with Gasteiger partial charge >= 0.3 is 0 Å². The van der Waals surface area contributed by atoms with Crippen LogP contribution in [0, 0.1) is 18.2 Å².